The predicted octanol–water partition coefficient (Wildman–Crippen LogP) is 0.887. The summed E-state index contributed by atoms with van der Waals surface area (Å²) in [6.45, 7) is 4.25. The topological polar surface area (TPSA) is 149 Å². The number of nitro groups is 1. The highest BCUT2D eigenvalue weighted by Gasteiger charge is 2.50. The van der Waals surface area contributed by atoms with Crippen molar-refractivity contribution in [1.82, 2.24) is 9.55 Å². The van der Waals surface area contributed by atoms with Crippen LogP contribution in [0, 0.1) is 10.1 Å². The van der Waals surface area contributed by atoms with Gasteiger partial charge in [-0.3, -0.25) is 14.4 Å². The van der Waals surface area contributed by atoms with E-state index in [0.717, 1.165) is 25.3 Å². The largest absolute Gasteiger partial charge is 0.451 e. The summed E-state index contributed by atoms with van der Waals surface area (Å²) in [4.78, 5) is 48.1. The highest BCUT2D eigenvalue weighted by molar-refractivity contribution is 5.71. The molecule has 1 heterocycles. The van der Waals surface area contributed by atoms with Crippen LogP contribution in [0.1, 0.15) is 34.1 Å². The Balaban J connectivity index is 3.14. The number of rotatable bonds is 9. The molecule has 0 bridgehead atoms. The molecule has 0 amide bonds. The first-order valence-electron chi connectivity index (χ1n) is 7.47. The molecule has 12 nitrogen and oxygen atoms in total. The molecular weight excluding hydrogens is 354 g/mol. The van der Waals surface area contributed by atoms with Gasteiger partial charge >= 0.3 is 29.8 Å². The summed E-state index contributed by atoms with van der Waals surface area (Å²) in [6, 6.07) is 0. The molecule has 0 aliphatic rings. The minimum absolute atomic E-state index is 0.0658. The van der Waals surface area contributed by atoms with Crippen LogP contribution in [0.15, 0.2) is 12.4 Å². The second kappa shape index (κ2) is 8.89. The standard InChI is InChI=1S/C14H19N3O9/c1-5-12(23-8-16-7-6-15-13(16)17(21)22)14(24-9(2)18,25-10(3)19)26-11(4)20/h6-7,12H,5,8H2,1-4H3. The number of carbonyl (C=O) groups excluding carboxylic acids is 3. The van der Waals surface area contributed by atoms with E-state index >= 15 is 0 Å². The van der Waals surface area contributed by atoms with E-state index < -0.39 is 47.6 Å². The average molecular weight is 373 g/mol. The van der Waals surface area contributed by atoms with E-state index in [1.165, 1.54) is 12.4 Å². The van der Waals surface area contributed by atoms with E-state index in [2.05, 4.69) is 4.98 Å². The Kier molecular flexibility index (Phi) is 7.19. The van der Waals surface area contributed by atoms with E-state index in [1.807, 2.05) is 0 Å². The van der Waals surface area contributed by atoms with Crippen molar-refractivity contribution in [2.45, 2.75) is 52.9 Å². The van der Waals surface area contributed by atoms with E-state index in [0.29, 0.717) is 0 Å². The number of imidazole rings is 1. The van der Waals surface area contributed by atoms with Crippen molar-refractivity contribution in [1.29, 1.82) is 0 Å². The van der Waals surface area contributed by atoms with Gasteiger partial charge in [-0.05, 0) is 11.3 Å². The molecule has 1 rings (SSSR count). The fraction of sp³-hybridized carbons (Fsp3) is 0.571. The van der Waals surface area contributed by atoms with E-state index in [1.54, 1.807) is 6.92 Å². The summed E-state index contributed by atoms with van der Waals surface area (Å²) in [5.74, 6) is -5.65. The van der Waals surface area contributed by atoms with Gasteiger partial charge < -0.3 is 29.1 Å². The van der Waals surface area contributed by atoms with E-state index in [4.69, 9.17) is 18.9 Å². The second-order valence-electron chi connectivity index (χ2n) is 5.03. The van der Waals surface area contributed by atoms with Crippen LogP contribution in [-0.4, -0.2) is 44.5 Å². The Morgan fingerprint density at radius 1 is 1.19 bits per heavy atom. The molecule has 12 heteroatoms. The summed E-state index contributed by atoms with van der Waals surface area (Å²) in [6.07, 6.45) is 1.29. The lowest BCUT2D eigenvalue weighted by Gasteiger charge is -2.35. The molecule has 26 heavy (non-hydrogen) atoms. The Labute approximate surface area is 148 Å². The fourth-order valence-corrected chi connectivity index (χ4v) is 2.07. The maximum atomic E-state index is 11.5. The van der Waals surface area contributed by atoms with Crippen LogP contribution in [0.3, 0.4) is 0 Å². The Morgan fingerprint density at radius 3 is 2.08 bits per heavy atom. The quantitative estimate of drug-likeness (QED) is 0.264. The summed E-state index contributed by atoms with van der Waals surface area (Å²) < 4.78 is 21.4. The lowest BCUT2D eigenvalue weighted by Crippen LogP contribution is -2.53. The van der Waals surface area contributed by atoms with Crippen molar-refractivity contribution in [3.05, 3.63) is 22.5 Å². The third-order valence-corrected chi connectivity index (χ3v) is 2.89. The van der Waals surface area contributed by atoms with Crippen LogP contribution in [0.25, 0.3) is 0 Å². The van der Waals surface area contributed by atoms with Crippen molar-refractivity contribution in [3.8, 4) is 0 Å². The third kappa shape index (κ3) is 5.51. The molecule has 0 spiro atoms. The normalized spacial score (nSPS) is 12.2. The molecule has 0 fully saturated rings. The van der Waals surface area contributed by atoms with Gasteiger partial charge in [0.15, 0.2) is 12.8 Å². The first-order valence-corrected chi connectivity index (χ1v) is 7.47. The molecule has 0 aliphatic carbocycles. The molecule has 1 atom stereocenters. The van der Waals surface area contributed by atoms with Crippen LogP contribution in [0.5, 0.6) is 0 Å². The second-order valence-corrected chi connectivity index (χ2v) is 5.03. The van der Waals surface area contributed by atoms with Gasteiger partial charge in [0.05, 0.1) is 0 Å². The number of hydrogen-bond acceptors (Lipinski definition) is 10. The summed E-state index contributed by atoms with van der Waals surface area (Å²) in [5, 5.41) is 10.9. The Bertz CT molecular complexity index is 644. The highest BCUT2D eigenvalue weighted by Crippen LogP contribution is 2.27. The molecule has 0 aliphatic heterocycles. The lowest BCUT2D eigenvalue weighted by molar-refractivity contribution is -0.399. The Morgan fingerprint density at radius 2 is 1.69 bits per heavy atom. The van der Waals surface area contributed by atoms with Crippen molar-refractivity contribution >= 4 is 23.9 Å². The summed E-state index contributed by atoms with van der Waals surface area (Å²) in [5.41, 5.74) is 0. The zero-order valence-corrected chi connectivity index (χ0v) is 14.7. The average Bonchev–Trinajstić information content (AvgIpc) is 2.94. The molecule has 0 saturated heterocycles. The number of nitrogens with zero attached hydrogens (tertiary/aromatic N) is 3. The molecule has 1 aromatic heterocycles. The van der Waals surface area contributed by atoms with E-state index in [9.17, 15) is 24.5 Å². The van der Waals surface area contributed by atoms with Crippen LogP contribution >= 0.6 is 0 Å². The monoisotopic (exact) mass is 373 g/mol. The van der Waals surface area contributed by atoms with Crippen molar-refractivity contribution < 1.29 is 38.3 Å². The number of esters is 3. The van der Waals surface area contributed by atoms with Gasteiger partial charge in [0.2, 0.25) is 0 Å². The first kappa shape index (κ1) is 21.0. The lowest BCUT2D eigenvalue weighted by atomic mass is 10.2. The van der Waals surface area contributed by atoms with Gasteiger partial charge in [0.1, 0.15) is 12.4 Å². The number of aromatic nitrogens is 2. The smallest absolute Gasteiger partial charge is 0.390 e. The van der Waals surface area contributed by atoms with Crippen LogP contribution < -0.4 is 0 Å². The molecule has 0 N–H and O–H groups in total. The number of hydrogen-bond donors (Lipinski definition) is 0. The van der Waals surface area contributed by atoms with Gasteiger partial charge in [-0.2, -0.15) is 0 Å². The SMILES string of the molecule is CCC(OCn1ccnc1[N+](=O)[O-])C(OC(C)=O)(OC(C)=O)OC(C)=O. The van der Waals surface area contributed by atoms with E-state index in [-0.39, 0.29) is 6.42 Å². The maximum Gasteiger partial charge on any atom is 0.451 e. The molecular formula is C14H19N3O9. The van der Waals surface area contributed by atoms with Crippen molar-refractivity contribution in [2.75, 3.05) is 0 Å². The fourth-order valence-electron chi connectivity index (χ4n) is 2.07. The van der Waals surface area contributed by atoms with Crippen LogP contribution in [0.2, 0.25) is 0 Å². The number of carbonyl (C=O) groups is 3. The van der Waals surface area contributed by atoms with Crippen LogP contribution in [-0.2, 0) is 40.1 Å². The van der Waals surface area contributed by atoms with Gasteiger partial charge in [0, 0.05) is 20.8 Å². The minimum Gasteiger partial charge on any atom is -0.390 e. The van der Waals surface area contributed by atoms with Gasteiger partial charge in [-0.15, -0.1) is 0 Å². The number of ether oxygens (including phenoxy) is 4. The molecule has 0 saturated carbocycles. The predicted molar refractivity (Wildman–Crippen MR) is 82.1 cm³/mol. The highest BCUT2D eigenvalue weighted by atomic mass is 16.9. The third-order valence-electron chi connectivity index (χ3n) is 2.89. The molecule has 0 aromatic carbocycles. The van der Waals surface area contributed by atoms with Crippen molar-refractivity contribution in [2.24, 2.45) is 0 Å². The van der Waals surface area contributed by atoms with Crippen LogP contribution in [0.4, 0.5) is 5.95 Å². The molecule has 1 unspecified atom stereocenters. The summed E-state index contributed by atoms with van der Waals surface area (Å²) in [7, 11) is 0. The molecule has 0 radical (unpaired) electrons. The van der Waals surface area contributed by atoms with Crippen molar-refractivity contribution in [3.63, 3.8) is 0 Å². The molecule has 1 aromatic rings. The Hall–Kier alpha value is -3.02. The van der Waals surface area contributed by atoms with Gasteiger partial charge in [-0.1, -0.05) is 11.9 Å². The van der Waals surface area contributed by atoms with Gasteiger partial charge in [-0.25, -0.2) is 4.57 Å². The maximum absolute atomic E-state index is 11.5. The zero-order chi connectivity index (χ0) is 19.9. The first-order chi connectivity index (χ1) is 12.1. The zero-order valence-electron chi connectivity index (χ0n) is 14.7. The summed E-state index contributed by atoms with van der Waals surface area (Å²) >= 11 is 0. The minimum atomic E-state index is -2.46. The van der Waals surface area contributed by atoms with Gasteiger partial charge in [0.25, 0.3) is 0 Å². The molecule has 144 valence electrons.